The third-order valence-corrected chi connectivity index (χ3v) is 34.7. The zero-order valence-corrected chi connectivity index (χ0v) is 79.7. The largest absolute Gasteiger partial charge is 0.497 e. The van der Waals surface area contributed by atoms with Gasteiger partial charge in [0, 0.05) is 58.5 Å². The third kappa shape index (κ3) is 28.0. The summed E-state index contributed by atoms with van der Waals surface area (Å²) in [4.78, 5) is 136. The van der Waals surface area contributed by atoms with E-state index in [1.807, 2.05) is 72.8 Å². The highest BCUT2D eigenvalue weighted by Gasteiger charge is 2.61. The van der Waals surface area contributed by atoms with Crippen LogP contribution >= 0.6 is 0 Å². The van der Waals surface area contributed by atoms with E-state index in [0.717, 1.165) is 85.9 Å². The molecule has 6 N–H and O–H groups in total. The lowest BCUT2D eigenvalue weighted by Gasteiger charge is -2.44. The van der Waals surface area contributed by atoms with Crippen LogP contribution in [0.3, 0.4) is 0 Å². The second kappa shape index (κ2) is 42.2. The van der Waals surface area contributed by atoms with Crippen molar-refractivity contribution in [3.8, 4) is 5.75 Å². The molecule has 0 saturated heterocycles. The Kier molecular flexibility index (Phi) is 33.1. The van der Waals surface area contributed by atoms with E-state index in [9.17, 15) is 57.8 Å². The van der Waals surface area contributed by atoms with Gasteiger partial charge in [0.25, 0.3) is 16.6 Å². The van der Waals surface area contributed by atoms with Crippen LogP contribution in [0.1, 0.15) is 212 Å². The Morgan fingerprint density at radius 3 is 0.891 bits per heavy atom. The molecule has 698 valence electrons. The Bertz CT molecular complexity index is 4540. The molecule has 27 nitrogen and oxygen atoms in total. The molecule has 8 aliphatic rings. The highest BCUT2D eigenvalue weighted by atomic mass is 28.4. The number of ether oxygens (including phenoxy) is 9. The lowest BCUT2D eigenvalue weighted by Crippen LogP contribution is -2.67. The van der Waals surface area contributed by atoms with Crippen LogP contribution in [-0.2, 0) is 91.7 Å². The number of amides is 3. The zero-order chi connectivity index (χ0) is 93.5. The van der Waals surface area contributed by atoms with E-state index in [2.05, 4.69) is 130 Å². The lowest BCUT2D eigenvalue weighted by atomic mass is 9.97. The van der Waals surface area contributed by atoms with Gasteiger partial charge in [0.15, 0.2) is 23.1 Å². The number of hydrogen-bond donors (Lipinski definition) is 5. The quantitative estimate of drug-likeness (QED) is 0.0139. The first-order chi connectivity index (χ1) is 60.3. The summed E-state index contributed by atoms with van der Waals surface area (Å²) in [5.41, 5.74) is 2.84. The predicted octanol–water partition coefficient (Wildman–Crippen LogP) is 12.5. The van der Waals surface area contributed by atoms with E-state index in [1.165, 1.54) is 10.4 Å². The minimum Gasteiger partial charge on any atom is -0.497 e. The molecule has 0 aromatic heterocycles. The summed E-state index contributed by atoms with van der Waals surface area (Å²) in [6.45, 7) is 29.1. The molecule has 0 spiro atoms. The fraction of sp³-hybridized carbons (Fsp3) is 0.586. The molecular formula is C99H136N4O23Si2. The van der Waals surface area contributed by atoms with Crippen molar-refractivity contribution in [2.75, 3.05) is 60.0 Å². The maximum absolute atomic E-state index is 13.5. The number of benzene rings is 5. The molecule has 8 aliphatic carbocycles. The second-order valence-electron chi connectivity index (χ2n) is 41.0. The van der Waals surface area contributed by atoms with E-state index < -0.39 is 121 Å². The molecule has 8 saturated carbocycles. The van der Waals surface area contributed by atoms with Gasteiger partial charge in [-0.1, -0.05) is 175 Å². The summed E-state index contributed by atoms with van der Waals surface area (Å²) in [6, 6.07) is 45.3. The van der Waals surface area contributed by atoms with Crippen molar-refractivity contribution < 1.29 is 109 Å². The zero-order valence-electron chi connectivity index (χ0n) is 77.7. The first-order valence-electron chi connectivity index (χ1n) is 45.1. The normalized spacial score (nSPS) is 18.3. The summed E-state index contributed by atoms with van der Waals surface area (Å²) in [5, 5.41) is 21.8. The molecule has 29 heteroatoms. The van der Waals surface area contributed by atoms with Gasteiger partial charge in [-0.05, 0) is 214 Å². The lowest BCUT2D eigenvalue weighted by molar-refractivity contribution is -0.153. The molecular weight excluding hydrogens is 1670 g/mol. The first kappa shape index (κ1) is 101. The molecule has 8 fully saturated rings. The Morgan fingerprint density at radius 2 is 0.641 bits per heavy atom. The fourth-order valence-corrected chi connectivity index (χ4v) is 25.1. The topological polar surface area (TPSA) is 372 Å². The molecule has 5 aromatic rings. The van der Waals surface area contributed by atoms with Gasteiger partial charge in [-0.3, -0.25) is 24.0 Å². The van der Waals surface area contributed by atoms with Gasteiger partial charge < -0.3 is 78.3 Å². The van der Waals surface area contributed by atoms with E-state index in [1.54, 1.807) is 69.4 Å². The van der Waals surface area contributed by atoms with Gasteiger partial charge in [-0.25, -0.2) is 28.8 Å². The average molecular weight is 1810 g/mol. The van der Waals surface area contributed by atoms with Crippen molar-refractivity contribution in [2.24, 2.45) is 51.1 Å². The van der Waals surface area contributed by atoms with Crippen molar-refractivity contribution >= 4 is 103 Å². The molecule has 0 bridgehead atoms. The van der Waals surface area contributed by atoms with E-state index in [0.29, 0.717) is 51.7 Å². The van der Waals surface area contributed by atoms with Crippen LogP contribution in [0.4, 0.5) is 14.4 Å². The summed E-state index contributed by atoms with van der Waals surface area (Å²) < 4.78 is 62.4. The molecule has 3 amide bonds. The van der Waals surface area contributed by atoms with Gasteiger partial charge in [-0.15, -0.1) is 0 Å². The Morgan fingerprint density at radius 1 is 0.375 bits per heavy atom. The van der Waals surface area contributed by atoms with Crippen molar-refractivity contribution in [1.82, 2.24) is 16.0 Å². The van der Waals surface area contributed by atoms with Crippen LogP contribution in [0.5, 0.6) is 5.75 Å². The van der Waals surface area contributed by atoms with Crippen LogP contribution < -0.4 is 47.2 Å². The van der Waals surface area contributed by atoms with Crippen LogP contribution in [0.15, 0.2) is 146 Å². The molecule has 128 heavy (non-hydrogen) atoms. The number of ketones is 4. The third-order valence-electron chi connectivity index (χ3n) is 24.7. The van der Waals surface area contributed by atoms with Crippen LogP contribution in [0.2, 0.25) is 10.1 Å². The Labute approximate surface area is 756 Å². The number of hydrogen-bond acceptors (Lipinski definition) is 24. The van der Waals surface area contributed by atoms with E-state index in [4.69, 9.17) is 57.2 Å². The van der Waals surface area contributed by atoms with E-state index in [-0.39, 0.29) is 103 Å². The molecule has 0 heterocycles. The van der Waals surface area contributed by atoms with Gasteiger partial charge in [-0.2, -0.15) is 0 Å². The summed E-state index contributed by atoms with van der Waals surface area (Å²) >= 11 is 0. The maximum Gasteiger partial charge on any atom is 0.408 e. The van der Waals surface area contributed by atoms with Crippen molar-refractivity contribution in [1.29, 1.82) is 0 Å². The number of aliphatic hydroxyl groups is 1. The number of Topliss-reactive ketones (excluding diaryl/α,β-unsaturated/α-hetero) is 4. The Hall–Kier alpha value is -9.50. The summed E-state index contributed by atoms with van der Waals surface area (Å²) in [6.07, 6.45) is 10.3. The van der Waals surface area contributed by atoms with Gasteiger partial charge in [0.05, 0.1) is 26.9 Å². The second-order valence-corrected chi connectivity index (χ2v) is 49.6. The molecule has 0 aliphatic heterocycles. The number of esters is 4. The number of methoxy groups -OCH3 is 1. The SMILES string of the molecule is CC(C)(C)OC(=O)NC(C(=O)OCC(=O)C1CC1)C1(CO)CC1.CC(C)(C)OC(=O)NC(C(=O)OCC(=O)C1CC1)C1(CO[Si](c2ccccc2)(c2ccccc2)C(C)(C)C)CC1.CC(C)(C)[Si](OCC1(C(N)C(=O)OCC(=O)C2CC2)CC1)(c1ccccc1)c1ccccc1.COc1ccc(COCC2(C(NC(=O)OC(C)(C)C)C(=O)OCC(=O)C3CC3)CC2)cc1. The summed E-state index contributed by atoms with van der Waals surface area (Å²) in [7, 11) is -3.97. The number of alkyl carbamates (subject to hydrolysis) is 3. The van der Waals surface area contributed by atoms with Crippen LogP contribution in [0, 0.1) is 45.3 Å². The van der Waals surface area contributed by atoms with E-state index >= 15 is 0 Å². The minimum absolute atomic E-state index is 0.00257. The number of carbonyl (C=O) groups excluding carboxylic acids is 11. The number of nitrogens with one attached hydrogen (secondary N) is 3. The van der Waals surface area contributed by atoms with Gasteiger partial charge in [0.2, 0.25) is 0 Å². The van der Waals surface area contributed by atoms with Crippen molar-refractivity contribution in [3.05, 3.63) is 151 Å². The van der Waals surface area contributed by atoms with Crippen molar-refractivity contribution in [3.63, 3.8) is 0 Å². The number of aliphatic hydroxyl groups excluding tert-OH is 1. The first-order valence-corrected chi connectivity index (χ1v) is 48.9. The van der Waals surface area contributed by atoms with Gasteiger partial charge in [0.1, 0.15) is 73.1 Å². The maximum atomic E-state index is 13.5. The standard InChI is InChI=1S/C32H43NO6Si.C27H35NO4Si.C24H33NO7.C16H25NO6/c1-30(2,3)39-29(36)33-27(28(35)37-21-26(34)23-17-18-23)32(19-20-32)22-38-40(31(4,5)6,24-13-9-7-10-14-24)25-15-11-8-12-16-25;1-26(2,3)33(21-10-6-4-7-11-21,22-12-8-5-9-13-22)32-19-27(16-17-27)24(28)25(30)31-18-23(29)20-14-15-20;1-23(2,3)32-22(28)25-20(21(27)31-14-19(26)17-7-8-17)24(11-12-24)15-30-13-16-5-9-18(29-4)10-6-16;1-15(2,3)23-14(21)17-12(16(9-18)6-7-16)13(20)22-8-11(19)10-4-5-10/h7-16,23,27H,17-22H2,1-6H3,(H,33,36);4-13,20,24H,14-19,28H2,1-3H3;5-6,9-10,17,20H,7-8,11-15H2,1-4H3,(H,25,28);10,12,18H,4-9H2,1-3H3,(H,17,21). The van der Waals surface area contributed by atoms with Crippen LogP contribution in [0.25, 0.3) is 0 Å². The van der Waals surface area contributed by atoms with Crippen LogP contribution in [-0.4, -0.2) is 188 Å². The summed E-state index contributed by atoms with van der Waals surface area (Å²) in [5.74, 6) is -1.85. The Balaban J connectivity index is 0.000000181. The smallest absolute Gasteiger partial charge is 0.408 e. The number of nitrogens with two attached hydrogens (primary N) is 1. The van der Waals surface area contributed by atoms with Crippen molar-refractivity contribution in [2.45, 2.75) is 264 Å². The molecule has 4 unspecified atom stereocenters. The number of carbonyl (C=O) groups is 11. The molecule has 4 atom stereocenters. The molecule has 0 radical (unpaired) electrons. The molecule has 13 rings (SSSR count). The minimum atomic E-state index is -2.87. The fourth-order valence-electron chi connectivity index (χ4n) is 15.8. The highest BCUT2D eigenvalue weighted by molar-refractivity contribution is 7.00. The number of rotatable bonds is 39. The monoisotopic (exact) mass is 1800 g/mol. The molecule has 5 aromatic carbocycles. The van der Waals surface area contributed by atoms with Gasteiger partial charge >= 0.3 is 42.2 Å². The highest BCUT2D eigenvalue weighted by Crippen LogP contribution is 2.54. The average Bonchev–Trinajstić information content (AvgIpc) is 0.934. The predicted molar refractivity (Wildman–Crippen MR) is 486 cm³/mol.